The van der Waals surface area contributed by atoms with Gasteiger partial charge < -0.3 is 10.2 Å². The summed E-state index contributed by atoms with van der Waals surface area (Å²) in [5.41, 5.74) is 5.85. The summed E-state index contributed by atoms with van der Waals surface area (Å²) >= 11 is 0. The Bertz CT molecular complexity index is 280. The zero-order chi connectivity index (χ0) is 10.7. The minimum atomic E-state index is 0.542. The molecule has 0 bridgehead atoms. The molecule has 1 aliphatic rings. The lowest BCUT2D eigenvalue weighted by molar-refractivity contribution is 0.168. The predicted molar refractivity (Wildman–Crippen MR) is 60.4 cm³/mol. The first-order valence-electron chi connectivity index (χ1n) is 5.81. The summed E-state index contributed by atoms with van der Waals surface area (Å²) in [7, 11) is 0. The molecule has 1 fully saturated rings. The van der Waals surface area contributed by atoms with Crippen LogP contribution in [0.3, 0.4) is 0 Å². The highest BCUT2D eigenvalue weighted by Crippen LogP contribution is 2.35. The highest BCUT2D eigenvalue weighted by atomic mass is 16.3. The summed E-state index contributed by atoms with van der Waals surface area (Å²) in [6.07, 6.45) is 4.42. The third-order valence-corrected chi connectivity index (χ3v) is 3.22. The monoisotopic (exact) mass is 208 g/mol. The van der Waals surface area contributed by atoms with E-state index in [2.05, 4.69) is 11.8 Å². The Hall–Kier alpha value is -0.800. The van der Waals surface area contributed by atoms with E-state index in [1.165, 1.54) is 12.8 Å². The van der Waals surface area contributed by atoms with Crippen molar-refractivity contribution in [2.75, 3.05) is 13.1 Å². The van der Waals surface area contributed by atoms with Gasteiger partial charge in [0.1, 0.15) is 5.76 Å². The predicted octanol–water partition coefficient (Wildman–Crippen LogP) is 1.84. The zero-order valence-corrected chi connectivity index (χ0v) is 9.36. The Kier molecular flexibility index (Phi) is 3.44. The lowest BCUT2D eigenvalue weighted by Crippen LogP contribution is -2.41. The van der Waals surface area contributed by atoms with E-state index < -0.39 is 0 Å². The summed E-state index contributed by atoms with van der Waals surface area (Å²) in [4.78, 5) is 2.43. The van der Waals surface area contributed by atoms with Crippen molar-refractivity contribution in [2.45, 2.75) is 32.4 Å². The number of furan rings is 1. The molecule has 0 radical (unpaired) electrons. The van der Waals surface area contributed by atoms with Gasteiger partial charge in [0, 0.05) is 12.6 Å². The van der Waals surface area contributed by atoms with E-state index in [0.717, 1.165) is 31.3 Å². The van der Waals surface area contributed by atoms with Crippen LogP contribution in [0, 0.1) is 5.92 Å². The van der Waals surface area contributed by atoms with Crippen molar-refractivity contribution in [1.82, 2.24) is 4.90 Å². The number of likely N-dealkylation sites (N-methyl/N-ethyl adjacent to an activating group) is 1. The molecular weight excluding hydrogens is 188 g/mol. The van der Waals surface area contributed by atoms with Crippen LogP contribution < -0.4 is 5.73 Å². The summed E-state index contributed by atoms with van der Waals surface area (Å²) in [5.74, 6) is 1.86. The van der Waals surface area contributed by atoms with Crippen molar-refractivity contribution in [3.63, 3.8) is 0 Å². The lowest BCUT2D eigenvalue weighted by Gasteiger charge is -2.29. The van der Waals surface area contributed by atoms with Crippen molar-refractivity contribution < 1.29 is 4.42 Å². The van der Waals surface area contributed by atoms with Crippen molar-refractivity contribution in [2.24, 2.45) is 11.7 Å². The maximum atomic E-state index is 5.85. The molecule has 15 heavy (non-hydrogen) atoms. The summed E-state index contributed by atoms with van der Waals surface area (Å²) < 4.78 is 5.38. The van der Waals surface area contributed by atoms with Crippen LogP contribution in [0.15, 0.2) is 22.8 Å². The minimum Gasteiger partial charge on any atom is -0.468 e. The molecular formula is C12H20N2O. The Morgan fingerprint density at radius 3 is 2.87 bits per heavy atom. The molecule has 84 valence electrons. The Morgan fingerprint density at radius 2 is 2.40 bits per heavy atom. The fourth-order valence-electron chi connectivity index (χ4n) is 2.19. The number of hydrogen-bond acceptors (Lipinski definition) is 3. The second kappa shape index (κ2) is 4.81. The molecule has 3 nitrogen and oxygen atoms in total. The SMILES string of the molecule is CCN(Cc1ccco1)C(CN)C1CC1. The first kappa shape index (κ1) is 10.7. The molecule has 0 aromatic carbocycles. The first-order valence-corrected chi connectivity index (χ1v) is 5.81. The number of hydrogen-bond donors (Lipinski definition) is 1. The number of nitrogens with two attached hydrogens (primary N) is 1. The molecule has 2 N–H and O–H groups in total. The average Bonchev–Trinajstić information content (AvgIpc) is 2.95. The smallest absolute Gasteiger partial charge is 0.117 e. The van der Waals surface area contributed by atoms with E-state index in [1.54, 1.807) is 6.26 Å². The molecule has 0 aliphatic heterocycles. The molecule has 1 heterocycles. The van der Waals surface area contributed by atoms with Crippen molar-refractivity contribution in [3.05, 3.63) is 24.2 Å². The average molecular weight is 208 g/mol. The van der Waals surface area contributed by atoms with Gasteiger partial charge in [0.25, 0.3) is 0 Å². The second-order valence-electron chi connectivity index (χ2n) is 4.28. The lowest BCUT2D eigenvalue weighted by atomic mass is 10.1. The fraction of sp³-hybridized carbons (Fsp3) is 0.667. The second-order valence-corrected chi connectivity index (χ2v) is 4.28. The summed E-state index contributed by atoms with van der Waals surface area (Å²) in [6, 6.07) is 4.51. The molecule has 1 aromatic heterocycles. The highest BCUT2D eigenvalue weighted by Gasteiger charge is 2.33. The van der Waals surface area contributed by atoms with Gasteiger partial charge in [-0.2, -0.15) is 0 Å². The van der Waals surface area contributed by atoms with Gasteiger partial charge in [0.2, 0.25) is 0 Å². The van der Waals surface area contributed by atoms with E-state index in [0.29, 0.717) is 6.04 Å². The van der Waals surface area contributed by atoms with E-state index in [-0.39, 0.29) is 0 Å². The van der Waals surface area contributed by atoms with Crippen LogP contribution in [-0.2, 0) is 6.54 Å². The Labute approximate surface area is 91.2 Å². The molecule has 1 saturated carbocycles. The fourth-order valence-corrected chi connectivity index (χ4v) is 2.19. The molecule has 1 atom stereocenters. The Morgan fingerprint density at radius 1 is 1.60 bits per heavy atom. The summed E-state index contributed by atoms with van der Waals surface area (Å²) in [5, 5.41) is 0. The number of rotatable bonds is 6. The van der Waals surface area contributed by atoms with E-state index in [4.69, 9.17) is 10.2 Å². The zero-order valence-electron chi connectivity index (χ0n) is 9.36. The van der Waals surface area contributed by atoms with Gasteiger partial charge in [-0.05, 0) is 37.4 Å². The maximum absolute atomic E-state index is 5.85. The van der Waals surface area contributed by atoms with Crippen LogP contribution in [-0.4, -0.2) is 24.0 Å². The molecule has 1 unspecified atom stereocenters. The first-order chi connectivity index (χ1) is 7.35. The third-order valence-electron chi connectivity index (χ3n) is 3.22. The van der Waals surface area contributed by atoms with Gasteiger partial charge in [0.15, 0.2) is 0 Å². The van der Waals surface area contributed by atoms with Crippen LogP contribution in [0.2, 0.25) is 0 Å². The topological polar surface area (TPSA) is 42.4 Å². The maximum Gasteiger partial charge on any atom is 0.117 e. The molecule has 3 heteroatoms. The van der Waals surface area contributed by atoms with E-state index in [9.17, 15) is 0 Å². The quantitative estimate of drug-likeness (QED) is 0.775. The van der Waals surface area contributed by atoms with E-state index >= 15 is 0 Å². The number of nitrogens with zero attached hydrogens (tertiary/aromatic N) is 1. The van der Waals surface area contributed by atoms with Gasteiger partial charge in [-0.3, -0.25) is 4.90 Å². The largest absolute Gasteiger partial charge is 0.468 e. The molecule has 2 rings (SSSR count). The van der Waals surface area contributed by atoms with Crippen LogP contribution in [0.1, 0.15) is 25.5 Å². The minimum absolute atomic E-state index is 0.542. The standard InChI is InChI=1S/C12H20N2O/c1-2-14(9-11-4-3-7-15-11)12(8-13)10-5-6-10/h3-4,7,10,12H,2,5-6,8-9,13H2,1H3. The van der Waals surface area contributed by atoms with Gasteiger partial charge in [-0.15, -0.1) is 0 Å². The van der Waals surface area contributed by atoms with Crippen LogP contribution in [0.5, 0.6) is 0 Å². The van der Waals surface area contributed by atoms with Crippen LogP contribution in [0.4, 0.5) is 0 Å². The van der Waals surface area contributed by atoms with Crippen LogP contribution >= 0.6 is 0 Å². The van der Waals surface area contributed by atoms with Crippen molar-refractivity contribution in [1.29, 1.82) is 0 Å². The van der Waals surface area contributed by atoms with Gasteiger partial charge >= 0.3 is 0 Å². The Balaban J connectivity index is 1.96. The summed E-state index contributed by atoms with van der Waals surface area (Å²) in [6.45, 7) is 4.88. The van der Waals surface area contributed by atoms with Crippen molar-refractivity contribution in [3.8, 4) is 0 Å². The molecule has 0 spiro atoms. The molecule has 1 aliphatic carbocycles. The van der Waals surface area contributed by atoms with Crippen molar-refractivity contribution >= 4 is 0 Å². The third kappa shape index (κ3) is 2.61. The van der Waals surface area contributed by atoms with Gasteiger partial charge in [-0.1, -0.05) is 6.92 Å². The van der Waals surface area contributed by atoms with Crippen LogP contribution in [0.25, 0.3) is 0 Å². The van der Waals surface area contributed by atoms with E-state index in [1.807, 2.05) is 12.1 Å². The molecule has 1 aromatic rings. The normalized spacial score (nSPS) is 18.3. The van der Waals surface area contributed by atoms with Gasteiger partial charge in [0.05, 0.1) is 12.8 Å². The molecule has 0 saturated heterocycles. The highest BCUT2D eigenvalue weighted by molar-refractivity contribution is 4.99. The molecule has 0 amide bonds. The van der Waals surface area contributed by atoms with Gasteiger partial charge in [-0.25, -0.2) is 0 Å².